The fourth-order valence-electron chi connectivity index (χ4n) is 3.35. The van der Waals surface area contributed by atoms with Gasteiger partial charge in [0.05, 0.1) is 33.5 Å². The van der Waals surface area contributed by atoms with E-state index >= 15 is 0 Å². The van der Waals surface area contributed by atoms with E-state index in [1.165, 1.54) is 34.5 Å². The Morgan fingerprint density at radius 2 is 1.68 bits per heavy atom. The molecule has 0 radical (unpaired) electrons. The summed E-state index contributed by atoms with van der Waals surface area (Å²) >= 11 is 0. The summed E-state index contributed by atoms with van der Waals surface area (Å²) in [7, 11) is 0. The zero-order valence-corrected chi connectivity index (χ0v) is 15.9. The van der Waals surface area contributed by atoms with Crippen molar-refractivity contribution in [2.24, 2.45) is 0 Å². The van der Waals surface area contributed by atoms with Crippen molar-refractivity contribution in [1.82, 2.24) is 14.1 Å². The number of aromatic nitrogens is 3. The van der Waals surface area contributed by atoms with Gasteiger partial charge in [0.25, 0.3) is 11.1 Å². The van der Waals surface area contributed by atoms with Gasteiger partial charge in [-0.15, -0.1) is 0 Å². The van der Waals surface area contributed by atoms with E-state index in [9.17, 15) is 24.3 Å². The van der Waals surface area contributed by atoms with Crippen molar-refractivity contribution >= 4 is 33.9 Å². The van der Waals surface area contributed by atoms with Crippen LogP contribution < -0.4 is 11.1 Å². The number of nitrogens with zero attached hydrogens (tertiary/aromatic N) is 3. The van der Waals surface area contributed by atoms with Crippen molar-refractivity contribution in [3.63, 3.8) is 0 Å². The van der Waals surface area contributed by atoms with Gasteiger partial charge in [-0.3, -0.25) is 19.2 Å². The van der Waals surface area contributed by atoms with E-state index in [2.05, 4.69) is 4.98 Å². The second-order valence-electron chi connectivity index (χ2n) is 6.67. The Bertz CT molecular complexity index is 1220. The maximum Gasteiger partial charge on any atom is 0.260 e. The van der Waals surface area contributed by atoms with E-state index in [0.717, 1.165) is 0 Å². The average Bonchev–Trinajstić information content (AvgIpc) is 2.67. The normalized spacial score (nSPS) is 12.4. The molecule has 8 nitrogen and oxygen atoms in total. The van der Waals surface area contributed by atoms with E-state index in [0.29, 0.717) is 24.9 Å². The predicted molar refractivity (Wildman–Crippen MR) is 105 cm³/mol. The summed E-state index contributed by atoms with van der Waals surface area (Å²) < 4.78 is 2.78. The molecule has 3 aromatic rings. The van der Waals surface area contributed by atoms with Crippen molar-refractivity contribution in [3.8, 4) is 0 Å². The van der Waals surface area contributed by atoms with E-state index in [1.54, 1.807) is 13.8 Å². The van der Waals surface area contributed by atoms with Gasteiger partial charge in [-0.25, -0.2) is 4.98 Å². The van der Waals surface area contributed by atoms with Gasteiger partial charge in [0.2, 0.25) is 0 Å². The van der Waals surface area contributed by atoms with Gasteiger partial charge in [-0.2, -0.15) is 0 Å². The summed E-state index contributed by atoms with van der Waals surface area (Å²) in [6, 6.07) is 1.43. The van der Waals surface area contributed by atoms with Crippen LogP contribution in [0.25, 0.3) is 21.8 Å². The largest absolute Gasteiger partial charge is 0.388 e. The lowest BCUT2D eigenvalue weighted by Crippen LogP contribution is -2.24. The first-order valence-corrected chi connectivity index (χ1v) is 9.06. The van der Waals surface area contributed by atoms with E-state index in [4.69, 9.17) is 0 Å². The number of aliphatic hydroxyl groups is 1. The topological polar surface area (TPSA) is 111 Å². The molecule has 0 spiro atoms. The highest BCUT2D eigenvalue weighted by molar-refractivity contribution is 6.00. The van der Waals surface area contributed by atoms with E-state index < -0.39 is 6.10 Å². The molecule has 8 heteroatoms. The minimum Gasteiger partial charge on any atom is -0.388 e. The van der Waals surface area contributed by atoms with Crippen LogP contribution >= 0.6 is 0 Å². The summed E-state index contributed by atoms with van der Waals surface area (Å²) in [5.41, 5.74) is 0.171. The Balaban J connectivity index is 2.51. The summed E-state index contributed by atoms with van der Waals surface area (Å²) in [5.74, 6) is -0.213. The van der Waals surface area contributed by atoms with Gasteiger partial charge >= 0.3 is 0 Å². The van der Waals surface area contributed by atoms with Crippen LogP contribution in [0.3, 0.4) is 0 Å². The Hall–Kier alpha value is -3.13. The number of carbonyl (C=O) groups is 2. The zero-order chi connectivity index (χ0) is 20.6. The molecule has 146 valence electrons. The molecule has 3 rings (SSSR count). The van der Waals surface area contributed by atoms with Crippen LogP contribution in [0.5, 0.6) is 0 Å². The second kappa shape index (κ2) is 7.47. The molecule has 0 bridgehead atoms. The Labute approximate surface area is 160 Å². The highest BCUT2D eigenvalue weighted by atomic mass is 16.3. The summed E-state index contributed by atoms with van der Waals surface area (Å²) in [5, 5.41) is 10.9. The number of Topliss-reactive ketones (excluding diaryl/α,β-unsaturated/α-hetero) is 1. The maximum atomic E-state index is 12.8. The first-order valence-electron chi connectivity index (χ1n) is 9.06. The van der Waals surface area contributed by atoms with Crippen LogP contribution in [0, 0.1) is 0 Å². The Kier molecular flexibility index (Phi) is 5.24. The highest BCUT2D eigenvalue weighted by Crippen LogP contribution is 2.26. The second-order valence-corrected chi connectivity index (χ2v) is 6.67. The molecule has 1 N–H and O–H groups in total. The van der Waals surface area contributed by atoms with Gasteiger partial charge in [-0.1, -0.05) is 0 Å². The smallest absolute Gasteiger partial charge is 0.260 e. The van der Waals surface area contributed by atoms with Gasteiger partial charge in [0, 0.05) is 37.5 Å². The number of aryl methyl sites for hydroxylation is 2. The molecule has 1 atom stereocenters. The molecule has 28 heavy (non-hydrogen) atoms. The Morgan fingerprint density at radius 1 is 1.11 bits per heavy atom. The van der Waals surface area contributed by atoms with Crippen molar-refractivity contribution in [2.45, 2.75) is 46.4 Å². The molecule has 0 saturated carbocycles. The van der Waals surface area contributed by atoms with Crippen molar-refractivity contribution in [3.05, 3.63) is 50.3 Å². The fraction of sp³-hybridized carbons (Fsp3) is 0.350. The number of aliphatic hydroxyl groups excluding tert-OH is 1. The monoisotopic (exact) mass is 383 g/mol. The van der Waals surface area contributed by atoms with Crippen molar-refractivity contribution in [1.29, 1.82) is 0 Å². The van der Waals surface area contributed by atoms with Gasteiger partial charge in [-0.05, 0) is 26.8 Å². The lowest BCUT2D eigenvalue weighted by molar-refractivity contribution is -0.118. The Morgan fingerprint density at radius 3 is 2.21 bits per heavy atom. The summed E-state index contributed by atoms with van der Waals surface area (Å²) in [6.45, 7) is 5.63. The minimum atomic E-state index is -1.15. The number of pyridine rings is 3. The molecule has 3 heterocycles. The van der Waals surface area contributed by atoms with Gasteiger partial charge in [0.1, 0.15) is 5.78 Å². The summed E-state index contributed by atoms with van der Waals surface area (Å²) in [4.78, 5) is 53.0. The number of aldehydes is 1. The lowest BCUT2D eigenvalue weighted by Gasteiger charge is -2.16. The quantitative estimate of drug-likeness (QED) is 0.511. The van der Waals surface area contributed by atoms with Crippen LogP contribution in [0.1, 0.15) is 49.2 Å². The third-order valence-electron chi connectivity index (χ3n) is 4.79. The molecule has 0 saturated heterocycles. The van der Waals surface area contributed by atoms with Crippen LogP contribution in [0.4, 0.5) is 0 Å². The van der Waals surface area contributed by atoms with Crippen molar-refractivity contribution in [2.75, 3.05) is 0 Å². The SMILES string of the molecule is CCn1cc(C=O)c2nc3c(C(O)CC(C)=O)cn(CC)c(=O)c3cc2c1=O. The van der Waals surface area contributed by atoms with Crippen molar-refractivity contribution < 1.29 is 14.7 Å². The minimum absolute atomic E-state index is 0.130. The molecular weight excluding hydrogens is 362 g/mol. The van der Waals surface area contributed by atoms with Crippen LogP contribution in [0.2, 0.25) is 0 Å². The standard InChI is InChI=1S/C20H21N3O5/c1-4-22-8-12(10-24)17-13(19(22)27)7-14-18(21-17)15(16(26)6-11(3)25)9-23(5-2)20(14)28/h7-10,16,26H,4-6H2,1-3H3. The fourth-order valence-corrected chi connectivity index (χ4v) is 3.35. The van der Waals surface area contributed by atoms with Gasteiger partial charge < -0.3 is 14.2 Å². The van der Waals surface area contributed by atoms with Crippen LogP contribution in [0.15, 0.2) is 28.0 Å². The molecule has 3 aromatic heterocycles. The average molecular weight is 383 g/mol. The first-order chi connectivity index (χ1) is 13.3. The molecule has 0 amide bonds. The number of carbonyl (C=O) groups excluding carboxylic acids is 2. The first kappa shape index (κ1) is 19.6. The molecule has 0 fully saturated rings. The van der Waals surface area contributed by atoms with Crippen LogP contribution in [-0.2, 0) is 17.9 Å². The molecule has 0 aliphatic carbocycles. The molecule has 0 aliphatic heterocycles. The highest BCUT2D eigenvalue weighted by Gasteiger charge is 2.20. The number of hydrogen-bond acceptors (Lipinski definition) is 6. The molecule has 1 unspecified atom stereocenters. The number of ketones is 1. The van der Waals surface area contributed by atoms with Crippen LogP contribution in [-0.4, -0.2) is 31.3 Å². The zero-order valence-electron chi connectivity index (χ0n) is 15.9. The third-order valence-corrected chi connectivity index (χ3v) is 4.79. The lowest BCUT2D eigenvalue weighted by atomic mass is 10.0. The number of fused-ring (bicyclic) bond motifs is 2. The van der Waals surface area contributed by atoms with E-state index in [1.807, 2.05) is 0 Å². The molecular formula is C20H21N3O5. The molecule has 0 aliphatic rings. The van der Waals surface area contributed by atoms with Gasteiger partial charge in [0.15, 0.2) is 6.29 Å². The number of hydrogen-bond donors (Lipinski definition) is 1. The maximum absolute atomic E-state index is 12.8. The summed E-state index contributed by atoms with van der Waals surface area (Å²) in [6.07, 6.45) is 2.22. The third kappa shape index (κ3) is 3.16. The predicted octanol–water partition coefficient (Wildman–Crippen LogP) is 1.58. The molecule has 0 aromatic carbocycles. The van der Waals surface area contributed by atoms with E-state index in [-0.39, 0.29) is 50.7 Å². The number of rotatable bonds is 6.